The number of likely N-dealkylation sites (tertiary alicyclic amines) is 1. The summed E-state index contributed by atoms with van der Waals surface area (Å²) >= 11 is 0. The third-order valence-electron chi connectivity index (χ3n) is 5.12. The van der Waals surface area contributed by atoms with Crippen LogP contribution in [0.15, 0.2) is 30.3 Å². The molecule has 6 heteroatoms. The van der Waals surface area contributed by atoms with Crippen LogP contribution in [0.5, 0.6) is 0 Å². The molecular weight excluding hydrogens is 342 g/mol. The van der Waals surface area contributed by atoms with Crippen LogP contribution in [0.25, 0.3) is 0 Å². The van der Waals surface area contributed by atoms with Crippen molar-refractivity contribution in [2.75, 3.05) is 26.3 Å². The number of nitrogens with two attached hydrogens (primary N) is 1. The van der Waals surface area contributed by atoms with Crippen LogP contribution in [-0.2, 0) is 14.3 Å². The summed E-state index contributed by atoms with van der Waals surface area (Å²) in [7, 11) is 0. The molecule has 1 saturated heterocycles. The van der Waals surface area contributed by atoms with Crippen LogP contribution in [0.1, 0.15) is 51.0 Å². The van der Waals surface area contributed by atoms with Gasteiger partial charge in [0.05, 0.1) is 12.6 Å². The number of nitrogens with one attached hydrogen (secondary N) is 1. The van der Waals surface area contributed by atoms with Gasteiger partial charge < -0.3 is 20.7 Å². The van der Waals surface area contributed by atoms with E-state index in [1.807, 2.05) is 24.8 Å². The van der Waals surface area contributed by atoms with Crippen molar-refractivity contribution in [2.24, 2.45) is 5.73 Å². The Bertz CT molecular complexity index is 586. The zero-order valence-electron chi connectivity index (χ0n) is 16.5. The molecule has 6 nitrogen and oxygen atoms in total. The molecule has 1 aliphatic heterocycles. The Hall–Kier alpha value is -1.92. The van der Waals surface area contributed by atoms with Crippen molar-refractivity contribution in [1.82, 2.24) is 10.2 Å². The van der Waals surface area contributed by atoms with Crippen LogP contribution in [-0.4, -0.2) is 55.1 Å². The van der Waals surface area contributed by atoms with Gasteiger partial charge in [-0.15, -0.1) is 0 Å². The minimum Gasteiger partial charge on any atom is -0.379 e. The van der Waals surface area contributed by atoms with Crippen molar-refractivity contribution >= 4 is 11.8 Å². The number of rotatable bonds is 9. The highest BCUT2D eigenvalue weighted by Crippen LogP contribution is 2.28. The standard InChI is InChI=1S/C21H33N3O3/c1-3-8-18(22)20(25)23-19(15-27-4-2)21(26)24-13-11-17(12-14-24)16-9-6-5-7-10-16/h5-7,9-10,17-19H,3-4,8,11-15,22H2,1-2H3,(H,23,25)/t18-,19+/m0/s1. The van der Waals surface area contributed by atoms with Gasteiger partial charge in [0.25, 0.3) is 0 Å². The van der Waals surface area contributed by atoms with Gasteiger partial charge in [-0.05, 0) is 37.7 Å². The summed E-state index contributed by atoms with van der Waals surface area (Å²) in [6.45, 7) is 5.91. The van der Waals surface area contributed by atoms with E-state index in [2.05, 4.69) is 29.6 Å². The number of amides is 2. The summed E-state index contributed by atoms with van der Waals surface area (Å²) in [5.41, 5.74) is 7.22. The highest BCUT2D eigenvalue weighted by Gasteiger charge is 2.30. The van der Waals surface area contributed by atoms with Gasteiger partial charge in [0.1, 0.15) is 6.04 Å². The summed E-state index contributed by atoms with van der Waals surface area (Å²) in [6.07, 6.45) is 3.29. The van der Waals surface area contributed by atoms with Crippen molar-refractivity contribution in [1.29, 1.82) is 0 Å². The first-order valence-electron chi connectivity index (χ1n) is 10.0. The van der Waals surface area contributed by atoms with Crippen molar-refractivity contribution in [2.45, 2.75) is 57.5 Å². The van der Waals surface area contributed by atoms with E-state index in [4.69, 9.17) is 10.5 Å². The second-order valence-corrected chi connectivity index (χ2v) is 7.13. The molecule has 3 N–H and O–H groups in total. The van der Waals surface area contributed by atoms with E-state index in [1.54, 1.807) is 0 Å². The van der Waals surface area contributed by atoms with Crippen LogP contribution in [0.2, 0.25) is 0 Å². The number of carbonyl (C=O) groups is 2. The number of benzene rings is 1. The zero-order chi connectivity index (χ0) is 19.6. The van der Waals surface area contributed by atoms with Crippen molar-refractivity contribution in [3.05, 3.63) is 35.9 Å². The van der Waals surface area contributed by atoms with Crippen LogP contribution in [0.4, 0.5) is 0 Å². The fourth-order valence-corrected chi connectivity index (χ4v) is 3.51. The van der Waals surface area contributed by atoms with Crippen molar-refractivity contribution < 1.29 is 14.3 Å². The first kappa shape index (κ1) is 21.4. The lowest BCUT2D eigenvalue weighted by Gasteiger charge is -2.34. The Kier molecular flexibility index (Phi) is 8.75. The molecular formula is C21H33N3O3. The number of piperidine rings is 1. The topological polar surface area (TPSA) is 84.7 Å². The second kappa shape index (κ2) is 11.0. The molecule has 0 spiro atoms. The molecule has 2 atom stereocenters. The van der Waals surface area contributed by atoms with Crippen molar-refractivity contribution in [3.63, 3.8) is 0 Å². The minimum atomic E-state index is -0.673. The lowest BCUT2D eigenvalue weighted by molar-refractivity contribution is -0.139. The van der Waals surface area contributed by atoms with Crippen LogP contribution in [0, 0.1) is 0 Å². The van der Waals surface area contributed by atoms with Gasteiger partial charge in [0.2, 0.25) is 11.8 Å². The predicted molar refractivity (Wildman–Crippen MR) is 106 cm³/mol. The molecule has 150 valence electrons. The molecule has 27 heavy (non-hydrogen) atoms. The van der Waals surface area contributed by atoms with Gasteiger partial charge in [-0.1, -0.05) is 43.7 Å². The molecule has 1 fully saturated rings. The maximum atomic E-state index is 13.0. The largest absolute Gasteiger partial charge is 0.379 e. The summed E-state index contributed by atoms with van der Waals surface area (Å²) in [6, 6.07) is 9.17. The molecule has 0 unspecified atom stereocenters. The number of ether oxygens (including phenoxy) is 1. The highest BCUT2D eigenvalue weighted by molar-refractivity contribution is 5.89. The van der Waals surface area contributed by atoms with Gasteiger partial charge in [0, 0.05) is 19.7 Å². The third-order valence-corrected chi connectivity index (χ3v) is 5.12. The van der Waals surface area contributed by atoms with E-state index in [0.29, 0.717) is 32.0 Å². The fraction of sp³-hybridized carbons (Fsp3) is 0.619. The van der Waals surface area contributed by atoms with Gasteiger partial charge >= 0.3 is 0 Å². The molecule has 0 saturated carbocycles. The van der Waals surface area contributed by atoms with E-state index < -0.39 is 12.1 Å². The second-order valence-electron chi connectivity index (χ2n) is 7.13. The molecule has 2 rings (SSSR count). The van der Waals surface area contributed by atoms with E-state index in [9.17, 15) is 9.59 Å². The first-order chi connectivity index (χ1) is 13.1. The molecule has 0 bridgehead atoms. The average molecular weight is 376 g/mol. The molecule has 1 heterocycles. The van der Waals surface area contributed by atoms with E-state index in [-0.39, 0.29) is 18.4 Å². The summed E-state index contributed by atoms with van der Waals surface area (Å²) < 4.78 is 5.44. The zero-order valence-corrected chi connectivity index (χ0v) is 16.5. The lowest BCUT2D eigenvalue weighted by atomic mass is 9.89. The summed E-state index contributed by atoms with van der Waals surface area (Å²) in [5, 5.41) is 2.80. The van der Waals surface area contributed by atoms with E-state index in [1.165, 1.54) is 5.56 Å². The minimum absolute atomic E-state index is 0.0768. The molecule has 0 radical (unpaired) electrons. The molecule has 0 aliphatic carbocycles. The van der Waals surface area contributed by atoms with Crippen LogP contribution in [0.3, 0.4) is 0 Å². The van der Waals surface area contributed by atoms with E-state index in [0.717, 1.165) is 19.3 Å². The normalized spacial score (nSPS) is 17.4. The Morgan fingerprint density at radius 1 is 1.22 bits per heavy atom. The summed E-state index contributed by atoms with van der Waals surface area (Å²) in [4.78, 5) is 27.1. The quantitative estimate of drug-likeness (QED) is 0.692. The predicted octanol–water partition coefficient (Wildman–Crippen LogP) is 2.04. The van der Waals surface area contributed by atoms with Crippen LogP contribution >= 0.6 is 0 Å². The number of nitrogens with zero attached hydrogens (tertiary/aromatic N) is 1. The van der Waals surface area contributed by atoms with E-state index >= 15 is 0 Å². The highest BCUT2D eigenvalue weighted by atomic mass is 16.5. The smallest absolute Gasteiger partial charge is 0.247 e. The van der Waals surface area contributed by atoms with Crippen molar-refractivity contribution in [3.8, 4) is 0 Å². The molecule has 1 aliphatic rings. The first-order valence-corrected chi connectivity index (χ1v) is 10.0. The van der Waals surface area contributed by atoms with Gasteiger partial charge in [-0.3, -0.25) is 9.59 Å². The Morgan fingerprint density at radius 2 is 1.89 bits per heavy atom. The monoisotopic (exact) mass is 375 g/mol. The molecule has 2 amide bonds. The fourth-order valence-electron chi connectivity index (χ4n) is 3.51. The molecule has 0 aromatic heterocycles. The molecule has 1 aromatic carbocycles. The Labute approximate surface area is 162 Å². The van der Waals surface area contributed by atoms with Gasteiger partial charge in [0.15, 0.2) is 0 Å². The van der Waals surface area contributed by atoms with Crippen LogP contribution < -0.4 is 11.1 Å². The maximum absolute atomic E-state index is 13.0. The number of hydrogen-bond donors (Lipinski definition) is 2. The molecule has 1 aromatic rings. The third kappa shape index (κ3) is 6.33. The van der Waals surface area contributed by atoms with Gasteiger partial charge in [-0.25, -0.2) is 0 Å². The maximum Gasteiger partial charge on any atom is 0.247 e. The Morgan fingerprint density at radius 3 is 2.48 bits per heavy atom. The summed E-state index contributed by atoms with van der Waals surface area (Å²) in [5.74, 6) is 0.120. The number of carbonyl (C=O) groups excluding carboxylic acids is 2. The number of hydrogen-bond acceptors (Lipinski definition) is 4. The van der Waals surface area contributed by atoms with Gasteiger partial charge in [-0.2, -0.15) is 0 Å². The SMILES string of the molecule is CCC[C@H](N)C(=O)N[C@H](COCC)C(=O)N1CCC(c2ccccc2)CC1. The lowest BCUT2D eigenvalue weighted by Crippen LogP contribution is -2.55. The Balaban J connectivity index is 1.93. The average Bonchev–Trinajstić information content (AvgIpc) is 2.71.